The summed E-state index contributed by atoms with van der Waals surface area (Å²) in [5.74, 6) is 0.966. The molecule has 11 heavy (non-hydrogen) atoms. The second-order valence-electron chi connectivity index (χ2n) is 3.55. The first-order chi connectivity index (χ1) is 5.34. The second-order valence-corrected chi connectivity index (χ2v) is 3.55. The van der Waals surface area contributed by atoms with E-state index in [9.17, 15) is 4.79 Å². The number of ketones is 1. The van der Waals surface area contributed by atoms with Crippen molar-refractivity contribution in [1.29, 1.82) is 0 Å². The second kappa shape index (κ2) is 4.53. The first-order valence-electron chi connectivity index (χ1n) is 4.87. The molecule has 0 amide bonds. The smallest absolute Gasteiger partial charge is 0.135 e. The Hall–Kier alpha value is -0.330. The van der Waals surface area contributed by atoms with E-state index in [-0.39, 0.29) is 0 Å². The predicted octanol–water partition coefficient (Wildman–Crippen LogP) is 2.94. The molecule has 1 rings (SSSR count). The quantitative estimate of drug-likeness (QED) is 0.611. The van der Waals surface area contributed by atoms with Gasteiger partial charge in [0, 0.05) is 12.3 Å². The molecule has 0 radical (unpaired) electrons. The first kappa shape index (κ1) is 8.76. The van der Waals surface area contributed by atoms with E-state index < -0.39 is 0 Å². The Kier molecular flexibility index (Phi) is 3.61. The maximum absolute atomic E-state index is 11.3. The lowest BCUT2D eigenvalue weighted by molar-refractivity contribution is -0.124. The summed E-state index contributed by atoms with van der Waals surface area (Å²) in [6.07, 6.45) is 8.05. The third-order valence-electron chi connectivity index (χ3n) is 2.59. The van der Waals surface area contributed by atoms with E-state index in [1.165, 1.54) is 25.7 Å². The van der Waals surface area contributed by atoms with Crippen molar-refractivity contribution in [3.63, 3.8) is 0 Å². The van der Waals surface area contributed by atoms with Gasteiger partial charge in [0.15, 0.2) is 0 Å². The Morgan fingerprint density at radius 3 is 2.91 bits per heavy atom. The highest BCUT2D eigenvalue weighted by Crippen LogP contribution is 2.24. The van der Waals surface area contributed by atoms with Crippen molar-refractivity contribution >= 4 is 5.78 Å². The molecule has 1 atom stereocenters. The number of unbranched alkanes of at least 4 members (excludes halogenated alkanes) is 1. The highest BCUT2D eigenvalue weighted by molar-refractivity contribution is 5.81. The van der Waals surface area contributed by atoms with Gasteiger partial charge in [-0.25, -0.2) is 0 Å². The lowest BCUT2D eigenvalue weighted by Crippen LogP contribution is -2.18. The Balaban J connectivity index is 2.24. The van der Waals surface area contributed by atoms with Gasteiger partial charge < -0.3 is 0 Å². The predicted molar refractivity (Wildman–Crippen MR) is 46.5 cm³/mol. The Labute approximate surface area is 69.2 Å². The van der Waals surface area contributed by atoms with Crippen LogP contribution in [0.5, 0.6) is 0 Å². The molecule has 0 aliphatic heterocycles. The van der Waals surface area contributed by atoms with Crippen LogP contribution in [0.4, 0.5) is 0 Å². The Morgan fingerprint density at radius 2 is 2.27 bits per heavy atom. The summed E-state index contributed by atoms with van der Waals surface area (Å²) in [5, 5.41) is 0. The molecule has 0 heterocycles. The molecule has 1 heteroatoms. The average molecular weight is 154 g/mol. The molecule has 0 aromatic carbocycles. The van der Waals surface area contributed by atoms with E-state index in [1.54, 1.807) is 0 Å². The number of carbonyl (C=O) groups is 1. The molecule has 1 aliphatic carbocycles. The Morgan fingerprint density at radius 1 is 1.45 bits per heavy atom. The zero-order valence-electron chi connectivity index (χ0n) is 7.44. The van der Waals surface area contributed by atoms with Gasteiger partial charge in [-0.1, -0.05) is 26.2 Å². The molecule has 0 spiro atoms. The summed E-state index contributed by atoms with van der Waals surface area (Å²) in [5.41, 5.74) is 0. The van der Waals surface area contributed by atoms with Crippen molar-refractivity contribution in [1.82, 2.24) is 0 Å². The molecule has 0 aromatic rings. The minimum absolute atomic E-state index is 0.434. The van der Waals surface area contributed by atoms with Gasteiger partial charge in [-0.15, -0.1) is 0 Å². The molecular weight excluding hydrogens is 136 g/mol. The Bertz CT molecular complexity index is 129. The van der Waals surface area contributed by atoms with Gasteiger partial charge in [-0.2, -0.15) is 0 Å². The number of Topliss-reactive ketones (excluding diaryl/α,β-unsaturated/α-hetero) is 1. The van der Waals surface area contributed by atoms with Crippen molar-refractivity contribution in [2.24, 2.45) is 5.92 Å². The first-order valence-corrected chi connectivity index (χ1v) is 4.87. The summed E-state index contributed by atoms with van der Waals surface area (Å²) in [7, 11) is 0. The highest BCUT2D eigenvalue weighted by Gasteiger charge is 2.20. The SMILES string of the molecule is CCCCC1CCCCC1=O. The molecular formula is C10H18O. The molecule has 1 saturated carbocycles. The largest absolute Gasteiger partial charge is 0.299 e. The van der Waals surface area contributed by atoms with Crippen LogP contribution in [-0.4, -0.2) is 5.78 Å². The van der Waals surface area contributed by atoms with Crippen LogP contribution in [0.1, 0.15) is 51.9 Å². The van der Waals surface area contributed by atoms with Crippen molar-refractivity contribution in [2.45, 2.75) is 51.9 Å². The summed E-state index contributed by atoms with van der Waals surface area (Å²) < 4.78 is 0. The van der Waals surface area contributed by atoms with Crippen molar-refractivity contribution in [3.05, 3.63) is 0 Å². The maximum Gasteiger partial charge on any atom is 0.135 e. The molecule has 0 N–H and O–H groups in total. The van der Waals surface area contributed by atoms with Crippen LogP contribution >= 0.6 is 0 Å². The van der Waals surface area contributed by atoms with E-state index in [0.29, 0.717) is 11.7 Å². The lowest BCUT2D eigenvalue weighted by Gasteiger charge is -2.19. The molecule has 1 unspecified atom stereocenters. The lowest BCUT2D eigenvalue weighted by atomic mass is 9.85. The average Bonchev–Trinajstić information content (AvgIpc) is 2.03. The molecule has 0 aromatic heterocycles. The van der Waals surface area contributed by atoms with Crippen molar-refractivity contribution < 1.29 is 4.79 Å². The number of hydrogen-bond donors (Lipinski definition) is 0. The minimum Gasteiger partial charge on any atom is -0.299 e. The van der Waals surface area contributed by atoms with Gasteiger partial charge >= 0.3 is 0 Å². The van der Waals surface area contributed by atoms with Crippen LogP contribution in [0.15, 0.2) is 0 Å². The summed E-state index contributed by atoms with van der Waals surface area (Å²) in [6, 6.07) is 0. The van der Waals surface area contributed by atoms with E-state index in [1.807, 2.05) is 0 Å². The summed E-state index contributed by atoms with van der Waals surface area (Å²) >= 11 is 0. The monoisotopic (exact) mass is 154 g/mol. The molecule has 1 nitrogen and oxygen atoms in total. The fourth-order valence-electron chi connectivity index (χ4n) is 1.81. The molecule has 0 bridgehead atoms. The van der Waals surface area contributed by atoms with Crippen LogP contribution in [0, 0.1) is 5.92 Å². The van der Waals surface area contributed by atoms with Crippen molar-refractivity contribution in [2.75, 3.05) is 0 Å². The van der Waals surface area contributed by atoms with Crippen molar-refractivity contribution in [3.8, 4) is 0 Å². The van der Waals surface area contributed by atoms with Gasteiger partial charge in [0.05, 0.1) is 0 Å². The van der Waals surface area contributed by atoms with Gasteiger partial charge in [0.2, 0.25) is 0 Å². The highest BCUT2D eigenvalue weighted by atomic mass is 16.1. The van der Waals surface area contributed by atoms with E-state index in [2.05, 4.69) is 6.92 Å². The standard InChI is InChI=1S/C10H18O/c1-2-3-6-9-7-4-5-8-10(9)11/h9H,2-8H2,1H3. The summed E-state index contributed by atoms with van der Waals surface area (Å²) in [6.45, 7) is 2.19. The minimum atomic E-state index is 0.434. The van der Waals surface area contributed by atoms with E-state index >= 15 is 0 Å². The molecule has 1 fully saturated rings. The van der Waals surface area contributed by atoms with E-state index in [0.717, 1.165) is 19.3 Å². The normalized spacial score (nSPS) is 25.5. The van der Waals surface area contributed by atoms with Crippen LogP contribution in [0.3, 0.4) is 0 Å². The topological polar surface area (TPSA) is 17.1 Å². The van der Waals surface area contributed by atoms with E-state index in [4.69, 9.17) is 0 Å². The zero-order chi connectivity index (χ0) is 8.10. The van der Waals surface area contributed by atoms with Gasteiger partial charge in [0.1, 0.15) is 5.78 Å². The molecule has 64 valence electrons. The summed E-state index contributed by atoms with van der Waals surface area (Å²) in [4.78, 5) is 11.3. The fourth-order valence-corrected chi connectivity index (χ4v) is 1.81. The van der Waals surface area contributed by atoms with Crippen LogP contribution in [0.2, 0.25) is 0 Å². The van der Waals surface area contributed by atoms with Crippen LogP contribution in [-0.2, 0) is 4.79 Å². The van der Waals surface area contributed by atoms with Gasteiger partial charge in [-0.05, 0) is 19.3 Å². The molecule has 1 aliphatic rings. The number of hydrogen-bond acceptors (Lipinski definition) is 1. The van der Waals surface area contributed by atoms with Crippen LogP contribution < -0.4 is 0 Å². The van der Waals surface area contributed by atoms with Crippen LogP contribution in [0.25, 0.3) is 0 Å². The van der Waals surface area contributed by atoms with Gasteiger partial charge in [0.25, 0.3) is 0 Å². The number of rotatable bonds is 3. The fraction of sp³-hybridized carbons (Fsp3) is 0.900. The third-order valence-corrected chi connectivity index (χ3v) is 2.59. The molecule has 0 saturated heterocycles. The number of carbonyl (C=O) groups excluding carboxylic acids is 1. The zero-order valence-corrected chi connectivity index (χ0v) is 7.44. The maximum atomic E-state index is 11.3. The van der Waals surface area contributed by atoms with Gasteiger partial charge in [-0.3, -0.25) is 4.79 Å². The third kappa shape index (κ3) is 2.64.